The molecule has 1 aromatic rings. The summed E-state index contributed by atoms with van der Waals surface area (Å²) in [6.07, 6.45) is 2.33. The fourth-order valence-electron chi connectivity index (χ4n) is 1.86. The smallest absolute Gasteiger partial charge is 0.0722 e. The van der Waals surface area contributed by atoms with Gasteiger partial charge in [-0.05, 0) is 31.5 Å². The van der Waals surface area contributed by atoms with Crippen LogP contribution in [0.3, 0.4) is 0 Å². The molecule has 2 nitrogen and oxygen atoms in total. The molecule has 0 aromatic heterocycles. The zero-order valence-electron chi connectivity index (χ0n) is 8.69. The first-order valence-electron chi connectivity index (χ1n) is 5.28. The molecule has 1 aliphatic rings. The van der Waals surface area contributed by atoms with E-state index in [1.165, 1.54) is 6.42 Å². The lowest BCUT2D eigenvalue weighted by Gasteiger charge is -2.25. The Hall–Kier alpha value is 0.0400. The van der Waals surface area contributed by atoms with E-state index in [0.717, 1.165) is 29.7 Å². The van der Waals surface area contributed by atoms with Crippen LogP contribution in [0.1, 0.15) is 12.8 Å². The Morgan fingerprint density at radius 2 is 2.00 bits per heavy atom. The minimum atomic E-state index is 0.407. The Morgan fingerprint density at radius 1 is 1.31 bits per heavy atom. The van der Waals surface area contributed by atoms with Crippen LogP contribution in [0.25, 0.3) is 0 Å². The third-order valence-corrected chi connectivity index (χ3v) is 3.71. The summed E-state index contributed by atoms with van der Waals surface area (Å²) >= 11 is 15.7. The van der Waals surface area contributed by atoms with Gasteiger partial charge in [0.25, 0.3) is 0 Å². The second-order valence-corrected chi connectivity index (χ2v) is 5.66. The topological polar surface area (TPSA) is 24.1 Å². The quantitative estimate of drug-likeness (QED) is 0.862. The van der Waals surface area contributed by atoms with Crippen molar-refractivity contribution in [3.63, 3.8) is 0 Å². The molecule has 16 heavy (non-hydrogen) atoms. The maximum absolute atomic E-state index is 6.16. The number of hydrogen-bond acceptors (Lipinski definition) is 2. The Kier molecular flexibility index (Phi) is 4.36. The van der Waals surface area contributed by atoms with E-state index < -0.39 is 0 Å². The number of hydrogen-bond donors (Lipinski definition) is 2. The first-order valence-corrected chi connectivity index (χ1v) is 6.83. The number of halogens is 3. The lowest BCUT2D eigenvalue weighted by Crippen LogP contribution is -2.38. The van der Waals surface area contributed by atoms with Crippen molar-refractivity contribution in [3.8, 4) is 0 Å². The number of piperidine rings is 1. The van der Waals surface area contributed by atoms with Gasteiger partial charge in [0.15, 0.2) is 0 Å². The Balaban J connectivity index is 2.14. The van der Waals surface area contributed by atoms with E-state index in [1.54, 1.807) is 0 Å². The van der Waals surface area contributed by atoms with E-state index in [0.29, 0.717) is 16.1 Å². The predicted molar refractivity (Wildman–Crippen MR) is 73.7 cm³/mol. The summed E-state index contributed by atoms with van der Waals surface area (Å²) in [7, 11) is 0. The molecule has 2 rings (SSSR count). The minimum Gasteiger partial charge on any atom is -0.379 e. The van der Waals surface area contributed by atoms with Crippen molar-refractivity contribution < 1.29 is 0 Å². The van der Waals surface area contributed by atoms with Gasteiger partial charge < -0.3 is 10.6 Å². The maximum Gasteiger partial charge on any atom is 0.0722 e. The molecule has 0 saturated carbocycles. The maximum atomic E-state index is 6.16. The lowest BCUT2D eigenvalue weighted by molar-refractivity contribution is 0.480. The fourth-order valence-corrected chi connectivity index (χ4v) is 3.18. The molecule has 2 N–H and O–H groups in total. The van der Waals surface area contributed by atoms with Gasteiger partial charge in [0.1, 0.15) is 0 Å². The predicted octanol–water partition coefficient (Wildman–Crippen LogP) is 3.92. The van der Waals surface area contributed by atoms with E-state index in [-0.39, 0.29) is 0 Å². The summed E-state index contributed by atoms with van der Waals surface area (Å²) in [5.74, 6) is 0. The third kappa shape index (κ3) is 3.04. The standard InChI is InChI=1S/C11H13BrCl2N2/c12-7-4-9(13)11(10(14)5-7)16-8-2-1-3-15-6-8/h4-5,8,15-16H,1-3,6H2. The summed E-state index contributed by atoms with van der Waals surface area (Å²) in [5, 5.41) is 8.06. The van der Waals surface area contributed by atoms with E-state index in [4.69, 9.17) is 23.2 Å². The van der Waals surface area contributed by atoms with Gasteiger partial charge in [0, 0.05) is 17.1 Å². The molecule has 1 aromatic carbocycles. The number of benzene rings is 1. The largest absolute Gasteiger partial charge is 0.379 e. The SMILES string of the molecule is Clc1cc(Br)cc(Cl)c1NC1CCCNC1. The molecule has 88 valence electrons. The van der Waals surface area contributed by atoms with Crippen molar-refractivity contribution in [1.29, 1.82) is 0 Å². The molecule has 1 fully saturated rings. The third-order valence-electron chi connectivity index (χ3n) is 2.65. The average molecular weight is 324 g/mol. The van der Waals surface area contributed by atoms with Gasteiger partial charge in [0.2, 0.25) is 0 Å². The Bertz CT molecular complexity index is 355. The highest BCUT2D eigenvalue weighted by molar-refractivity contribution is 9.10. The van der Waals surface area contributed by atoms with Crippen molar-refractivity contribution in [2.45, 2.75) is 18.9 Å². The van der Waals surface area contributed by atoms with Crippen LogP contribution in [0.5, 0.6) is 0 Å². The zero-order chi connectivity index (χ0) is 11.5. The van der Waals surface area contributed by atoms with Gasteiger partial charge in [0.05, 0.1) is 15.7 Å². The van der Waals surface area contributed by atoms with Gasteiger partial charge >= 0.3 is 0 Å². The van der Waals surface area contributed by atoms with E-state index in [1.807, 2.05) is 12.1 Å². The van der Waals surface area contributed by atoms with Crippen LogP contribution < -0.4 is 10.6 Å². The van der Waals surface area contributed by atoms with Crippen molar-refractivity contribution in [2.24, 2.45) is 0 Å². The highest BCUT2D eigenvalue weighted by atomic mass is 79.9. The molecular weight excluding hydrogens is 311 g/mol. The van der Waals surface area contributed by atoms with Crippen LogP contribution in [0, 0.1) is 0 Å². The highest BCUT2D eigenvalue weighted by Crippen LogP contribution is 2.34. The van der Waals surface area contributed by atoms with Gasteiger partial charge in [-0.2, -0.15) is 0 Å². The molecule has 1 atom stereocenters. The van der Waals surface area contributed by atoms with E-state index in [9.17, 15) is 0 Å². The minimum absolute atomic E-state index is 0.407. The van der Waals surface area contributed by atoms with Crippen molar-refractivity contribution in [2.75, 3.05) is 18.4 Å². The van der Waals surface area contributed by atoms with Crippen LogP contribution in [0.15, 0.2) is 16.6 Å². The van der Waals surface area contributed by atoms with Gasteiger partial charge in [-0.3, -0.25) is 0 Å². The number of rotatable bonds is 2. The molecule has 1 aliphatic heterocycles. The van der Waals surface area contributed by atoms with Crippen molar-refractivity contribution in [1.82, 2.24) is 5.32 Å². The molecule has 5 heteroatoms. The molecule has 0 bridgehead atoms. The monoisotopic (exact) mass is 322 g/mol. The summed E-state index contributed by atoms with van der Waals surface area (Å²) in [5.41, 5.74) is 0.834. The number of nitrogens with one attached hydrogen (secondary N) is 2. The average Bonchev–Trinajstić information content (AvgIpc) is 2.25. The van der Waals surface area contributed by atoms with Crippen LogP contribution in [-0.2, 0) is 0 Å². The summed E-state index contributed by atoms with van der Waals surface area (Å²) < 4.78 is 0.898. The normalized spacial score (nSPS) is 20.8. The second kappa shape index (κ2) is 5.58. The Morgan fingerprint density at radius 3 is 2.56 bits per heavy atom. The highest BCUT2D eigenvalue weighted by Gasteiger charge is 2.15. The molecule has 0 radical (unpaired) electrons. The second-order valence-electron chi connectivity index (χ2n) is 3.93. The van der Waals surface area contributed by atoms with Crippen LogP contribution in [-0.4, -0.2) is 19.1 Å². The number of anilines is 1. The van der Waals surface area contributed by atoms with Crippen molar-refractivity contribution in [3.05, 3.63) is 26.7 Å². The lowest BCUT2D eigenvalue weighted by atomic mass is 10.1. The first-order chi connectivity index (χ1) is 7.66. The van der Waals surface area contributed by atoms with Gasteiger partial charge in [-0.1, -0.05) is 39.1 Å². The van der Waals surface area contributed by atoms with E-state index in [2.05, 4.69) is 26.6 Å². The summed E-state index contributed by atoms with van der Waals surface area (Å²) in [6, 6.07) is 4.11. The van der Waals surface area contributed by atoms with Gasteiger partial charge in [-0.25, -0.2) is 0 Å². The summed E-state index contributed by atoms with van der Waals surface area (Å²) in [6.45, 7) is 2.06. The molecule has 1 heterocycles. The van der Waals surface area contributed by atoms with Crippen molar-refractivity contribution >= 4 is 44.8 Å². The zero-order valence-corrected chi connectivity index (χ0v) is 11.8. The van der Waals surface area contributed by atoms with Gasteiger partial charge in [-0.15, -0.1) is 0 Å². The van der Waals surface area contributed by atoms with Crippen LogP contribution in [0.4, 0.5) is 5.69 Å². The first kappa shape index (κ1) is 12.5. The Labute approximate surface area is 114 Å². The summed E-state index contributed by atoms with van der Waals surface area (Å²) in [4.78, 5) is 0. The molecular formula is C11H13BrCl2N2. The van der Waals surface area contributed by atoms with Crippen LogP contribution >= 0.6 is 39.1 Å². The fraction of sp³-hybridized carbons (Fsp3) is 0.455. The van der Waals surface area contributed by atoms with Crippen LogP contribution in [0.2, 0.25) is 10.0 Å². The molecule has 1 saturated heterocycles. The molecule has 1 unspecified atom stereocenters. The molecule has 0 amide bonds. The molecule has 0 aliphatic carbocycles. The molecule has 0 spiro atoms. The van der Waals surface area contributed by atoms with E-state index >= 15 is 0 Å².